The topological polar surface area (TPSA) is 76.0 Å². The van der Waals surface area contributed by atoms with E-state index in [2.05, 4.69) is 44.7 Å². The third-order valence-electron chi connectivity index (χ3n) is 12.4. The van der Waals surface area contributed by atoms with Gasteiger partial charge < -0.3 is 19.7 Å². The smallest absolute Gasteiger partial charge is 0.333 e. The third kappa shape index (κ3) is 11.3. The van der Waals surface area contributed by atoms with E-state index in [9.17, 15) is 15.0 Å². The number of ether oxygens (including phenoxy) is 2. The predicted molar refractivity (Wildman–Crippen MR) is 218 cm³/mol. The fourth-order valence-electron chi connectivity index (χ4n) is 8.95. The number of benzene rings is 3. The molecule has 5 rings (SSSR count). The van der Waals surface area contributed by atoms with Crippen molar-refractivity contribution in [1.29, 1.82) is 0 Å². The number of carbonyl (C=O) groups is 1. The molecule has 2 N–H and O–H groups in total. The van der Waals surface area contributed by atoms with Crippen LogP contribution < -0.4 is 4.74 Å². The maximum atomic E-state index is 15.9. The molecule has 5 nitrogen and oxygen atoms in total. The van der Waals surface area contributed by atoms with Gasteiger partial charge in [-0.3, -0.25) is 0 Å². The van der Waals surface area contributed by atoms with Crippen LogP contribution in [0.4, 0.5) is 4.39 Å². The van der Waals surface area contributed by atoms with Gasteiger partial charge in [-0.2, -0.15) is 0 Å². The first-order chi connectivity index (χ1) is 26.2. The second-order valence-corrected chi connectivity index (χ2v) is 16.2. The van der Waals surface area contributed by atoms with Crippen molar-refractivity contribution in [2.45, 2.75) is 123 Å². The Morgan fingerprint density at radius 2 is 1.46 bits per heavy atom. The second-order valence-electron chi connectivity index (χ2n) is 16.2. The molecule has 0 atom stereocenters. The molecule has 0 heterocycles. The summed E-state index contributed by atoms with van der Waals surface area (Å²) < 4.78 is 27.4. The Bertz CT molecular complexity index is 1640. The maximum Gasteiger partial charge on any atom is 0.333 e. The van der Waals surface area contributed by atoms with Crippen molar-refractivity contribution in [3.05, 3.63) is 89.3 Å². The monoisotopic (exact) mass is 740 g/mol. The summed E-state index contributed by atoms with van der Waals surface area (Å²) in [4.78, 5) is 12.1. The van der Waals surface area contributed by atoms with Crippen molar-refractivity contribution in [3.8, 4) is 28.0 Å². The molecule has 3 aromatic carbocycles. The predicted octanol–water partition coefficient (Wildman–Crippen LogP) is 11.4. The van der Waals surface area contributed by atoms with Gasteiger partial charge in [0.1, 0.15) is 11.6 Å². The lowest BCUT2D eigenvalue weighted by Crippen LogP contribution is -2.25. The molecule has 2 saturated carbocycles. The fraction of sp³-hybridized carbons (Fsp3) is 0.562. The average molecular weight is 741 g/mol. The van der Waals surface area contributed by atoms with Gasteiger partial charge in [0, 0.05) is 36.7 Å². The number of halogens is 1. The Hall–Kier alpha value is -3.48. The molecule has 2 aliphatic rings. The van der Waals surface area contributed by atoms with Crippen molar-refractivity contribution in [3.63, 3.8) is 0 Å². The summed E-state index contributed by atoms with van der Waals surface area (Å²) in [5, 5.41) is 18.9. The van der Waals surface area contributed by atoms with Crippen LogP contribution in [-0.4, -0.2) is 42.6 Å². The highest BCUT2D eigenvalue weighted by molar-refractivity contribution is 5.86. The van der Waals surface area contributed by atoms with E-state index >= 15 is 4.39 Å². The van der Waals surface area contributed by atoms with E-state index in [0.717, 1.165) is 57.6 Å². The van der Waals surface area contributed by atoms with Gasteiger partial charge in [-0.15, -0.1) is 0 Å². The van der Waals surface area contributed by atoms with E-state index in [1.165, 1.54) is 77.0 Å². The number of aliphatic hydroxyl groups is 2. The largest absolute Gasteiger partial charge is 0.493 e. The molecule has 3 aromatic rings. The van der Waals surface area contributed by atoms with E-state index < -0.39 is 5.97 Å². The molecule has 0 saturated heterocycles. The van der Waals surface area contributed by atoms with E-state index in [0.29, 0.717) is 42.3 Å². The van der Waals surface area contributed by atoms with Gasteiger partial charge in [0.2, 0.25) is 0 Å². The summed E-state index contributed by atoms with van der Waals surface area (Å²) in [7, 11) is 0. The lowest BCUT2D eigenvalue weighted by molar-refractivity contribution is -0.138. The quantitative estimate of drug-likeness (QED) is 0.0727. The van der Waals surface area contributed by atoms with E-state index in [-0.39, 0.29) is 31.6 Å². The first kappa shape index (κ1) is 41.7. The lowest BCUT2D eigenvalue weighted by Gasteiger charge is -2.38. The zero-order chi connectivity index (χ0) is 38.5. The van der Waals surface area contributed by atoms with Gasteiger partial charge in [-0.25, -0.2) is 9.18 Å². The maximum absolute atomic E-state index is 15.9. The number of unbranched alkanes of at least 4 members (excludes halogenated alkanes) is 2. The van der Waals surface area contributed by atoms with Gasteiger partial charge in [0.15, 0.2) is 0 Å². The van der Waals surface area contributed by atoms with Gasteiger partial charge in [0.25, 0.3) is 0 Å². The highest BCUT2D eigenvalue weighted by atomic mass is 19.1. The zero-order valence-corrected chi connectivity index (χ0v) is 33.2. The normalized spacial score (nSPS) is 20.2. The van der Waals surface area contributed by atoms with Gasteiger partial charge >= 0.3 is 5.97 Å². The molecule has 2 aliphatic carbocycles. The first-order valence-electron chi connectivity index (χ1n) is 21.0. The fourth-order valence-corrected chi connectivity index (χ4v) is 8.95. The van der Waals surface area contributed by atoms with Crippen molar-refractivity contribution in [2.24, 2.45) is 23.7 Å². The molecule has 0 bridgehead atoms. The zero-order valence-electron chi connectivity index (χ0n) is 33.2. The number of hydrogen-bond acceptors (Lipinski definition) is 5. The first-order valence-corrected chi connectivity index (χ1v) is 21.0. The van der Waals surface area contributed by atoms with Crippen LogP contribution in [-0.2, 0) is 22.4 Å². The summed E-state index contributed by atoms with van der Waals surface area (Å²) >= 11 is 0. The van der Waals surface area contributed by atoms with E-state index in [1.54, 1.807) is 13.0 Å². The minimum absolute atomic E-state index is 0.104. The Labute approximate surface area is 324 Å². The molecule has 0 amide bonds. The average Bonchev–Trinajstić information content (AvgIpc) is 3.20. The Morgan fingerprint density at radius 1 is 0.815 bits per heavy atom. The lowest BCUT2D eigenvalue weighted by atomic mass is 9.68. The summed E-state index contributed by atoms with van der Waals surface area (Å²) in [6.07, 6.45) is 17.9. The van der Waals surface area contributed by atoms with Crippen LogP contribution in [0.3, 0.4) is 0 Å². The van der Waals surface area contributed by atoms with E-state index in [4.69, 9.17) is 9.47 Å². The van der Waals surface area contributed by atoms with Crippen LogP contribution >= 0.6 is 0 Å². The molecule has 54 heavy (non-hydrogen) atoms. The van der Waals surface area contributed by atoms with E-state index in [1.807, 2.05) is 24.3 Å². The third-order valence-corrected chi connectivity index (χ3v) is 12.4. The van der Waals surface area contributed by atoms with Crippen LogP contribution in [0.25, 0.3) is 22.3 Å². The Kier molecular flexibility index (Phi) is 16.2. The van der Waals surface area contributed by atoms with Crippen LogP contribution in [0.5, 0.6) is 5.75 Å². The molecule has 0 aliphatic heterocycles. The Morgan fingerprint density at radius 3 is 2.11 bits per heavy atom. The van der Waals surface area contributed by atoms with Gasteiger partial charge in [-0.05, 0) is 134 Å². The highest BCUT2D eigenvalue weighted by Crippen LogP contribution is 2.45. The van der Waals surface area contributed by atoms with Crippen LogP contribution in [0.1, 0.15) is 127 Å². The molecule has 0 radical (unpaired) electrons. The summed E-state index contributed by atoms with van der Waals surface area (Å²) in [6.45, 7) is 10.0. The number of carbonyl (C=O) groups excluding carboxylic acids is 1. The summed E-state index contributed by atoms with van der Waals surface area (Å²) in [5.74, 6) is 3.00. The van der Waals surface area contributed by atoms with Gasteiger partial charge in [0.05, 0.1) is 13.2 Å². The summed E-state index contributed by atoms with van der Waals surface area (Å²) in [5.41, 5.74) is 7.08. The number of rotatable bonds is 19. The number of aliphatic hydroxyl groups excluding tert-OH is 2. The van der Waals surface area contributed by atoms with Crippen LogP contribution in [0.15, 0.2) is 66.7 Å². The number of hydrogen-bond donors (Lipinski definition) is 2. The van der Waals surface area contributed by atoms with Gasteiger partial charge in [-0.1, -0.05) is 95.3 Å². The summed E-state index contributed by atoms with van der Waals surface area (Å²) in [6, 6.07) is 18.2. The SMILES string of the molecule is C=C(C)C(=O)OCCc1cc(-c2ccc(-c3ccc(C4CCC(C5CCC(CCCCC)CC5)CC4)cc3F)cc2CC)ccc1OCCC(CO)CO. The molecular weight excluding hydrogens is 676 g/mol. The van der Waals surface area contributed by atoms with Crippen molar-refractivity contribution in [2.75, 3.05) is 26.4 Å². The minimum Gasteiger partial charge on any atom is -0.493 e. The molecule has 0 unspecified atom stereocenters. The van der Waals surface area contributed by atoms with Crippen LogP contribution in [0.2, 0.25) is 0 Å². The number of esters is 1. The van der Waals surface area contributed by atoms with Crippen LogP contribution in [0, 0.1) is 29.5 Å². The van der Waals surface area contributed by atoms with Crippen molar-refractivity contribution < 1.29 is 28.9 Å². The molecule has 2 fully saturated rings. The molecular formula is C48H65FO5. The molecule has 0 aromatic heterocycles. The Balaban J connectivity index is 1.24. The molecule has 294 valence electrons. The highest BCUT2D eigenvalue weighted by Gasteiger charge is 2.31. The standard InChI is InChI=1S/C48H65FO5/c1-5-7-8-9-34-10-12-37(13-11-34)38-14-16-39(17-15-38)40-18-22-45(46(49)30-40)42-19-21-44(36(6-2)28-42)41-20-23-47(53-26-24-35(31-50)32-51)43(29-41)25-27-54-48(52)33(3)4/h18-23,28-30,34-35,37-39,50-51H,3,5-17,24-27,31-32H2,1-2,4H3. The number of aryl methyl sites for hydroxylation is 1. The molecule has 0 spiro atoms. The van der Waals surface area contributed by atoms with Crippen molar-refractivity contribution >= 4 is 5.97 Å². The second kappa shape index (κ2) is 21.0. The van der Waals surface area contributed by atoms with Crippen molar-refractivity contribution in [1.82, 2.24) is 0 Å². The minimum atomic E-state index is -0.431. The molecule has 6 heteroatoms.